The van der Waals surface area contributed by atoms with Crippen molar-refractivity contribution in [3.05, 3.63) is 65.2 Å². The van der Waals surface area contributed by atoms with E-state index >= 15 is 0 Å². The maximum Gasteiger partial charge on any atom is 0.172 e. The molecule has 0 saturated heterocycles. The molecule has 1 aromatic carbocycles. The number of rotatable bonds is 6. The lowest BCUT2D eigenvalue weighted by Gasteiger charge is -2.16. The number of aryl methyl sites for hydroxylation is 2. The van der Waals surface area contributed by atoms with E-state index in [4.69, 9.17) is 15.1 Å². The molecule has 0 radical (unpaired) electrons. The second-order valence-corrected chi connectivity index (χ2v) is 7.96. The van der Waals surface area contributed by atoms with Crippen molar-refractivity contribution in [1.29, 1.82) is 5.26 Å². The standard InChI is InChI=1S/C23H27N3O.C2H3N.C2H6/c1-5-17(4)22-23(27-20-12-15(2)11-16(3)13-20)21(18-8-9-18)25-26(22)19-7-6-10-24-14-19;1-2-3;1-2/h6-7,10-14,17-18H,5,8-9H2,1-4H3;1H3;1-2H3. The smallest absolute Gasteiger partial charge is 0.172 e. The van der Waals surface area contributed by atoms with Crippen molar-refractivity contribution in [3.63, 3.8) is 0 Å². The Kier molecular flexibility index (Phi) is 9.46. The summed E-state index contributed by atoms with van der Waals surface area (Å²) in [6.45, 7) is 14.1. The average Bonchev–Trinajstić information content (AvgIpc) is 3.56. The average molecular weight is 433 g/mol. The Labute approximate surface area is 193 Å². The fraction of sp³-hybridized carbons (Fsp3) is 0.444. The van der Waals surface area contributed by atoms with Crippen LogP contribution in [0.4, 0.5) is 0 Å². The van der Waals surface area contributed by atoms with Crippen LogP contribution in [0.15, 0.2) is 42.7 Å². The summed E-state index contributed by atoms with van der Waals surface area (Å²) in [7, 11) is 0. The van der Waals surface area contributed by atoms with Crippen molar-refractivity contribution in [3.8, 4) is 23.3 Å². The highest BCUT2D eigenvalue weighted by molar-refractivity contribution is 5.48. The largest absolute Gasteiger partial charge is 0.453 e. The van der Waals surface area contributed by atoms with Crippen molar-refractivity contribution >= 4 is 0 Å². The first-order valence-electron chi connectivity index (χ1n) is 11.6. The normalized spacial score (nSPS) is 13.1. The summed E-state index contributed by atoms with van der Waals surface area (Å²) in [6.07, 6.45) is 7.07. The second-order valence-electron chi connectivity index (χ2n) is 7.96. The molecule has 4 rings (SSSR count). The van der Waals surface area contributed by atoms with Gasteiger partial charge in [-0.1, -0.05) is 33.8 Å². The molecule has 0 bridgehead atoms. The van der Waals surface area contributed by atoms with Gasteiger partial charge in [-0.2, -0.15) is 10.4 Å². The van der Waals surface area contributed by atoms with E-state index in [1.165, 1.54) is 30.9 Å². The number of pyridine rings is 1. The number of benzene rings is 1. The fourth-order valence-corrected chi connectivity index (χ4v) is 3.57. The number of hydrogen-bond donors (Lipinski definition) is 0. The van der Waals surface area contributed by atoms with Gasteiger partial charge in [-0.25, -0.2) is 4.68 Å². The highest BCUT2D eigenvalue weighted by Gasteiger charge is 2.34. The zero-order valence-corrected chi connectivity index (χ0v) is 20.5. The van der Waals surface area contributed by atoms with Crippen LogP contribution in [0.25, 0.3) is 5.69 Å². The van der Waals surface area contributed by atoms with Crippen molar-refractivity contribution in [2.24, 2.45) is 0 Å². The molecule has 3 aromatic rings. The van der Waals surface area contributed by atoms with E-state index < -0.39 is 0 Å². The van der Waals surface area contributed by atoms with E-state index in [0.29, 0.717) is 11.8 Å². The van der Waals surface area contributed by atoms with E-state index in [9.17, 15) is 0 Å². The lowest BCUT2D eigenvalue weighted by atomic mass is 10.0. The lowest BCUT2D eigenvalue weighted by molar-refractivity contribution is 0.462. The Hall–Kier alpha value is -3.13. The molecule has 1 aliphatic rings. The van der Waals surface area contributed by atoms with E-state index in [-0.39, 0.29) is 0 Å². The predicted octanol–water partition coefficient (Wildman–Crippen LogP) is 7.62. The van der Waals surface area contributed by atoms with Gasteiger partial charge in [-0.15, -0.1) is 0 Å². The number of hydrogen-bond acceptors (Lipinski definition) is 4. The van der Waals surface area contributed by atoms with Crippen LogP contribution in [-0.4, -0.2) is 14.8 Å². The minimum atomic E-state index is 0.339. The minimum absolute atomic E-state index is 0.339. The number of nitrogens with zero attached hydrogens (tertiary/aromatic N) is 4. The van der Waals surface area contributed by atoms with Crippen LogP contribution in [-0.2, 0) is 0 Å². The third-order valence-corrected chi connectivity index (χ3v) is 5.25. The van der Waals surface area contributed by atoms with Gasteiger partial charge >= 0.3 is 0 Å². The van der Waals surface area contributed by atoms with Crippen LogP contribution in [0.2, 0.25) is 0 Å². The van der Waals surface area contributed by atoms with Crippen LogP contribution < -0.4 is 4.74 Å². The van der Waals surface area contributed by atoms with Crippen LogP contribution in [0.3, 0.4) is 0 Å². The van der Waals surface area contributed by atoms with Crippen molar-refractivity contribution in [2.45, 2.75) is 79.6 Å². The number of ether oxygens (including phenoxy) is 1. The summed E-state index contributed by atoms with van der Waals surface area (Å²) < 4.78 is 8.57. The summed E-state index contributed by atoms with van der Waals surface area (Å²) in [5, 5.41) is 12.3. The molecule has 1 unspecified atom stereocenters. The molecule has 1 atom stereocenters. The maximum absolute atomic E-state index is 7.32. The van der Waals surface area contributed by atoms with Gasteiger partial charge in [0.05, 0.1) is 23.6 Å². The van der Waals surface area contributed by atoms with E-state index in [1.807, 2.05) is 30.8 Å². The van der Waals surface area contributed by atoms with Gasteiger partial charge in [-0.05, 0) is 68.5 Å². The van der Waals surface area contributed by atoms with Gasteiger partial charge in [-0.3, -0.25) is 4.98 Å². The Balaban J connectivity index is 0.000000671. The zero-order valence-electron chi connectivity index (χ0n) is 20.5. The van der Waals surface area contributed by atoms with Crippen LogP contribution in [0.1, 0.15) is 88.2 Å². The van der Waals surface area contributed by atoms with Gasteiger partial charge in [0.2, 0.25) is 0 Å². The van der Waals surface area contributed by atoms with Crippen LogP contribution in [0, 0.1) is 25.2 Å². The molecule has 0 aliphatic heterocycles. The Morgan fingerprint density at radius 3 is 2.31 bits per heavy atom. The number of aromatic nitrogens is 3. The second kappa shape index (κ2) is 12.0. The Morgan fingerprint density at radius 1 is 1.19 bits per heavy atom. The summed E-state index contributed by atoms with van der Waals surface area (Å²) in [6, 6.07) is 12.1. The van der Waals surface area contributed by atoms with Gasteiger partial charge in [0.1, 0.15) is 11.4 Å². The molecule has 1 fully saturated rings. The third-order valence-electron chi connectivity index (χ3n) is 5.25. The van der Waals surface area contributed by atoms with Crippen molar-refractivity contribution < 1.29 is 4.74 Å². The highest BCUT2D eigenvalue weighted by atomic mass is 16.5. The summed E-state index contributed by atoms with van der Waals surface area (Å²) in [5.41, 5.74) is 5.65. The van der Waals surface area contributed by atoms with E-state index in [2.05, 4.69) is 56.9 Å². The van der Waals surface area contributed by atoms with Crippen molar-refractivity contribution in [1.82, 2.24) is 14.8 Å². The number of nitriles is 1. The van der Waals surface area contributed by atoms with Gasteiger partial charge < -0.3 is 4.74 Å². The van der Waals surface area contributed by atoms with Gasteiger partial charge in [0.25, 0.3) is 0 Å². The molecule has 5 nitrogen and oxygen atoms in total. The highest BCUT2D eigenvalue weighted by Crippen LogP contribution is 2.48. The Bertz CT molecular complexity index is 1010. The molecule has 5 heteroatoms. The summed E-state index contributed by atoms with van der Waals surface area (Å²) in [5.74, 6) is 2.68. The van der Waals surface area contributed by atoms with E-state index in [0.717, 1.165) is 35.0 Å². The minimum Gasteiger partial charge on any atom is -0.453 e. The molecule has 32 heavy (non-hydrogen) atoms. The molecular weight excluding hydrogens is 396 g/mol. The first-order chi connectivity index (χ1) is 15.5. The quantitative estimate of drug-likeness (QED) is 0.402. The molecule has 0 N–H and O–H groups in total. The SMILES string of the molecule is CC.CC#N.CCC(C)c1c(Oc2cc(C)cc(C)c2)c(C2CC2)nn1-c1cccnc1. The summed E-state index contributed by atoms with van der Waals surface area (Å²) >= 11 is 0. The molecule has 0 spiro atoms. The third kappa shape index (κ3) is 6.20. The predicted molar refractivity (Wildman–Crippen MR) is 131 cm³/mol. The first kappa shape index (κ1) is 25.1. The molecule has 2 aromatic heterocycles. The Morgan fingerprint density at radius 2 is 1.81 bits per heavy atom. The molecule has 1 aliphatic carbocycles. The molecule has 0 amide bonds. The monoisotopic (exact) mass is 432 g/mol. The first-order valence-corrected chi connectivity index (χ1v) is 11.6. The molecule has 170 valence electrons. The maximum atomic E-state index is 7.32. The summed E-state index contributed by atoms with van der Waals surface area (Å²) in [4.78, 5) is 4.29. The van der Waals surface area contributed by atoms with Crippen LogP contribution >= 0.6 is 0 Å². The zero-order chi connectivity index (χ0) is 23.7. The molecule has 2 heterocycles. The van der Waals surface area contributed by atoms with Crippen LogP contribution in [0.5, 0.6) is 11.5 Å². The van der Waals surface area contributed by atoms with Crippen molar-refractivity contribution in [2.75, 3.05) is 0 Å². The fourth-order valence-electron chi connectivity index (χ4n) is 3.57. The molecule has 1 saturated carbocycles. The lowest BCUT2D eigenvalue weighted by Crippen LogP contribution is -2.06. The van der Waals surface area contributed by atoms with Gasteiger partial charge in [0.15, 0.2) is 5.75 Å². The topological polar surface area (TPSA) is 63.7 Å². The van der Waals surface area contributed by atoms with Gasteiger partial charge in [0, 0.05) is 25.0 Å². The molecular formula is C27H36N4O. The van der Waals surface area contributed by atoms with E-state index in [1.54, 1.807) is 12.3 Å².